The molecule has 0 aliphatic carbocycles. The van der Waals surface area contributed by atoms with Gasteiger partial charge in [-0.15, -0.1) is 11.3 Å². The maximum atomic E-state index is 13.8. The molecule has 0 unspecified atom stereocenters. The van der Waals surface area contributed by atoms with E-state index < -0.39 is 11.8 Å². The molecule has 1 N–H and O–H groups in total. The summed E-state index contributed by atoms with van der Waals surface area (Å²) < 4.78 is 6.29. The average molecular weight is 518 g/mol. The van der Waals surface area contributed by atoms with E-state index >= 15 is 0 Å². The first-order valence-corrected chi connectivity index (χ1v) is 13.5. The number of thiophene rings is 1. The number of carbonyl (C=O) groups is 3. The highest BCUT2D eigenvalue weighted by atomic mass is 32.1. The summed E-state index contributed by atoms with van der Waals surface area (Å²) in [5.41, 5.74) is 1.64. The number of rotatable bonds is 6. The Balaban J connectivity index is 1.33. The van der Waals surface area contributed by atoms with Crippen molar-refractivity contribution >= 4 is 29.1 Å². The molecule has 2 aromatic carbocycles. The van der Waals surface area contributed by atoms with Gasteiger partial charge in [0.1, 0.15) is 11.8 Å². The van der Waals surface area contributed by atoms with Gasteiger partial charge in [-0.3, -0.25) is 19.3 Å². The molecule has 5 rings (SSSR count). The van der Waals surface area contributed by atoms with Crippen LogP contribution in [0.3, 0.4) is 0 Å². The largest absolute Gasteiger partial charge is 0.353 e. The Hall–Kier alpha value is -3.49. The summed E-state index contributed by atoms with van der Waals surface area (Å²) in [5, 5.41) is 4.95. The minimum absolute atomic E-state index is 0.0730. The molecule has 1 spiro atoms. The van der Waals surface area contributed by atoms with E-state index in [4.69, 9.17) is 4.74 Å². The Bertz CT molecular complexity index is 1240. The topological polar surface area (TPSA) is 79.0 Å². The van der Waals surface area contributed by atoms with Gasteiger partial charge < -0.3 is 15.0 Å². The quantitative estimate of drug-likeness (QED) is 0.540. The normalized spacial score (nSPS) is 18.7. The lowest BCUT2D eigenvalue weighted by atomic mass is 9.96. The Morgan fingerprint density at radius 1 is 1.00 bits per heavy atom. The third kappa shape index (κ3) is 5.45. The van der Waals surface area contributed by atoms with Crippen LogP contribution < -0.4 is 5.32 Å². The fourth-order valence-electron chi connectivity index (χ4n) is 5.08. The number of amides is 3. The molecule has 37 heavy (non-hydrogen) atoms. The van der Waals surface area contributed by atoms with Crippen molar-refractivity contribution in [2.75, 3.05) is 19.7 Å². The summed E-state index contributed by atoms with van der Waals surface area (Å²) in [7, 11) is 0. The lowest BCUT2D eigenvalue weighted by molar-refractivity contribution is -0.143. The Kier molecular flexibility index (Phi) is 7.39. The van der Waals surface area contributed by atoms with Gasteiger partial charge in [0.2, 0.25) is 11.8 Å². The Morgan fingerprint density at radius 2 is 1.73 bits per heavy atom. The maximum absolute atomic E-state index is 13.8. The van der Waals surface area contributed by atoms with Crippen LogP contribution >= 0.6 is 11.3 Å². The number of likely N-dealkylation sites (tertiary alicyclic amines) is 1. The number of hydrogen-bond donors (Lipinski definition) is 1. The molecule has 2 aliphatic rings. The second-order valence-corrected chi connectivity index (χ2v) is 10.7. The highest BCUT2D eigenvalue weighted by Gasteiger charge is 2.54. The monoisotopic (exact) mass is 517 g/mol. The molecule has 0 bridgehead atoms. The van der Waals surface area contributed by atoms with Crippen LogP contribution in [0.2, 0.25) is 0 Å². The molecule has 0 radical (unpaired) electrons. The molecule has 8 heteroatoms. The van der Waals surface area contributed by atoms with Crippen LogP contribution in [0.5, 0.6) is 0 Å². The molecule has 192 valence electrons. The van der Waals surface area contributed by atoms with Crippen molar-refractivity contribution in [3.8, 4) is 0 Å². The molecule has 0 saturated carbocycles. The molecular formula is C29H31N3O4S. The first kappa shape index (κ1) is 25.2. The molecule has 1 atom stereocenters. The van der Waals surface area contributed by atoms with Crippen LogP contribution in [0.25, 0.3) is 0 Å². The molecule has 3 aromatic rings. The second kappa shape index (κ2) is 10.9. The summed E-state index contributed by atoms with van der Waals surface area (Å²) in [5.74, 6) is -0.392. The standard InChI is InChI=1S/C29H31N3O4S/c1-21-9-11-23(12-10-21)28(35)32-25(27(34)30-19-22-6-3-2-4-7-22)20-36-29(32)13-15-31(16-14-29)26(33)18-24-8-5-17-37-24/h2-12,17,25H,13-16,18-20H2,1H3,(H,30,34)/t25-/m0/s1. The van der Waals surface area contributed by atoms with Crippen molar-refractivity contribution in [1.29, 1.82) is 0 Å². The zero-order valence-electron chi connectivity index (χ0n) is 20.9. The van der Waals surface area contributed by atoms with Crippen LogP contribution in [0, 0.1) is 6.92 Å². The van der Waals surface area contributed by atoms with Crippen molar-refractivity contribution in [3.63, 3.8) is 0 Å². The zero-order valence-corrected chi connectivity index (χ0v) is 21.7. The number of ether oxygens (including phenoxy) is 1. The van der Waals surface area contributed by atoms with Gasteiger partial charge in [-0.2, -0.15) is 0 Å². The van der Waals surface area contributed by atoms with Gasteiger partial charge in [0, 0.05) is 42.9 Å². The lowest BCUT2D eigenvalue weighted by Crippen LogP contribution is -2.59. The van der Waals surface area contributed by atoms with E-state index in [1.165, 1.54) is 0 Å². The van der Waals surface area contributed by atoms with E-state index in [0.29, 0.717) is 44.5 Å². The van der Waals surface area contributed by atoms with E-state index in [-0.39, 0.29) is 24.3 Å². The molecule has 1 aromatic heterocycles. The molecule has 7 nitrogen and oxygen atoms in total. The summed E-state index contributed by atoms with van der Waals surface area (Å²) >= 11 is 1.57. The summed E-state index contributed by atoms with van der Waals surface area (Å²) in [6.45, 7) is 3.42. The van der Waals surface area contributed by atoms with Crippen LogP contribution in [0.1, 0.15) is 39.2 Å². The van der Waals surface area contributed by atoms with E-state index in [1.807, 2.05) is 71.8 Å². The van der Waals surface area contributed by atoms with Gasteiger partial charge >= 0.3 is 0 Å². The third-order valence-electron chi connectivity index (χ3n) is 7.19. The fourth-order valence-corrected chi connectivity index (χ4v) is 5.78. The van der Waals surface area contributed by atoms with E-state index in [0.717, 1.165) is 16.0 Å². The number of nitrogens with one attached hydrogen (secondary N) is 1. The smallest absolute Gasteiger partial charge is 0.256 e. The third-order valence-corrected chi connectivity index (χ3v) is 8.07. The van der Waals surface area contributed by atoms with Gasteiger partial charge in [0.05, 0.1) is 13.0 Å². The van der Waals surface area contributed by atoms with Crippen molar-refractivity contribution in [2.45, 2.75) is 44.5 Å². The zero-order chi connectivity index (χ0) is 25.8. The number of benzene rings is 2. The molecule has 2 saturated heterocycles. The van der Waals surface area contributed by atoms with E-state index in [2.05, 4.69) is 5.32 Å². The van der Waals surface area contributed by atoms with Crippen LogP contribution in [-0.4, -0.2) is 59.0 Å². The summed E-state index contributed by atoms with van der Waals surface area (Å²) in [6.07, 6.45) is 1.30. The molecule has 2 fully saturated rings. The predicted molar refractivity (Wildman–Crippen MR) is 142 cm³/mol. The number of piperidine rings is 1. The lowest BCUT2D eigenvalue weighted by Gasteiger charge is -2.44. The van der Waals surface area contributed by atoms with Gasteiger partial charge in [0.25, 0.3) is 5.91 Å². The van der Waals surface area contributed by atoms with Crippen molar-refractivity contribution in [3.05, 3.63) is 93.7 Å². The Morgan fingerprint density at radius 3 is 2.41 bits per heavy atom. The van der Waals surface area contributed by atoms with Gasteiger partial charge in [-0.1, -0.05) is 54.1 Å². The average Bonchev–Trinajstić information content (AvgIpc) is 3.56. The molecule has 3 heterocycles. The highest BCUT2D eigenvalue weighted by Crippen LogP contribution is 2.38. The molecular weight excluding hydrogens is 486 g/mol. The first-order chi connectivity index (χ1) is 17.9. The minimum Gasteiger partial charge on any atom is -0.353 e. The number of carbonyl (C=O) groups excluding carboxylic acids is 3. The van der Waals surface area contributed by atoms with Crippen LogP contribution in [0.4, 0.5) is 0 Å². The van der Waals surface area contributed by atoms with E-state index in [9.17, 15) is 14.4 Å². The predicted octanol–water partition coefficient (Wildman–Crippen LogP) is 3.78. The summed E-state index contributed by atoms with van der Waals surface area (Å²) in [6, 6.07) is 20.2. The number of hydrogen-bond acceptors (Lipinski definition) is 5. The number of nitrogens with zero attached hydrogens (tertiary/aromatic N) is 2. The van der Waals surface area contributed by atoms with Crippen LogP contribution in [0.15, 0.2) is 72.1 Å². The Labute approximate surface area is 221 Å². The van der Waals surface area contributed by atoms with Crippen molar-refractivity contribution in [2.24, 2.45) is 0 Å². The van der Waals surface area contributed by atoms with Gasteiger partial charge in [-0.05, 0) is 36.1 Å². The second-order valence-electron chi connectivity index (χ2n) is 9.65. The number of aryl methyl sites for hydroxylation is 1. The molecule has 3 amide bonds. The van der Waals surface area contributed by atoms with Crippen molar-refractivity contribution < 1.29 is 19.1 Å². The van der Waals surface area contributed by atoms with Crippen LogP contribution in [-0.2, 0) is 27.3 Å². The minimum atomic E-state index is -0.920. The summed E-state index contributed by atoms with van der Waals surface area (Å²) in [4.78, 5) is 44.6. The van der Waals surface area contributed by atoms with Crippen molar-refractivity contribution in [1.82, 2.24) is 15.1 Å². The van der Waals surface area contributed by atoms with E-state index in [1.54, 1.807) is 28.4 Å². The molecule has 2 aliphatic heterocycles. The van der Waals surface area contributed by atoms with Gasteiger partial charge in [-0.25, -0.2) is 0 Å². The highest BCUT2D eigenvalue weighted by molar-refractivity contribution is 7.10. The SMILES string of the molecule is Cc1ccc(C(=O)N2[C@H](C(=O)NCc3ccccc3)COC23CCN(C(=O)Cc2cccs2)CC3)cc1. The van der Waals surface area contributed by atoms with Gasteiger partial charge in [0.15, 0.2) is 0 Å². The fraction of sp³-hybridized carbons (Fsp3) is 0.345. The first-order valence-electron chi connectivity index (χ1n) is 12.6. The maximum Gasteiger partial charge on any atom is 0.256 e.